The van der Waals surface area contributed by atoms with Crippen molar-refractivity contribution in [3.8, 4) is 11.1 Å². The minimum atomic E-state index is -0.553. The van der Waals surface area contributed by atoms with Crippen LogP contribution in [0.5, 0.6) is 0 Å². The van der Waals surface area contributed by atoms with Gasteiger partial charge < -0.3 is 15.4 Å². The highest BCUT2D eigenvalue weighted by Crippen LogP contribution is 2.34. The number of nitrogens with one attached hydrogen (secondary N) is 2. The lowest BCUT2D eigenvalue weighted by atomic mass is 9.85. The third-order valence-corrected chi connectivity index (χ3v) is 6.45. The Kier molecular flexibility index (Phi) is 6.93. The Morgan fingerprint density at radius 2 is 1.97 bits per heavy atom. The number of hydrogen-bond donors (Lipinski definition) is 2. The molecule has 8 nitrogen and oxygen atoms in total. The number of alkyl carbamates (subject to hydrolysis) is 1. The molecular formula is C24H32ClN5O3. The van der Waals surface area contributed by atoms with Crippen LogP contribution in [0.1, 0.15) is 65.0 Å². The Balaban J connectivity index is 1.42. The van der Waals surface area contributed by atoms with Crippen LogP contribution in [0.2, 0.25) is 5.02 Å². The van der Waals surface area contributed by atoms with Gasteiger partial charge in [0.2, 0.25) is 5.91 Å². The van der Waals surface area contributed by atoms with Crippen LogP contribution in [0, 0.1) is 5.92 Å². The van der Waals surface area contributed by atoms with Gasteiger partial charge in [0.25, 0.3) is 0 Å². The van der Waals surface area contributed by atoms with Crippen LogP contribution in [0.25, 0.3) is 11.1 Å². The third-order valence-electron chi connectivity index (χ3n) is 6.14. The molecule has 2 N–H and O–H groups in total. The van der Waals surface area contributed by atoms with Crippen molar-refractivity contribution in [1.29, 1.82) is 0 Å². The summed E-state index contributed by atoms with van der Waals surface area (Å²) >= 11 is 6.46. The molecule has 0 spiro atoms. The number of nitrogens with zero attached hydrogens (tertiary/aromatic N) is 3. The van der Waals surface area contributed by atoms with E-state index in [2.05, 4.69) is 20.7 Å². The molecule has 2 aliphatic rings. The summed E-state index contributed by atoms with van der Waals surface area (Å²) in [4.78, 5) is 29.4. The van der Waals surface area contributed by atoms with Crippen molar-refractivity contribution < 1.29 is 14.3 Å². The molecule has 0 radical (unpaired) electrons. The van der Waals surface area contributed by atoms with Crippen molar-refractivity contribution in [2.75, 3.05) is 5.32 Å². The summed E-state index contributed by atoms with van der Waals surface area (Å²) in [6.45, 7) is 6.41. The Morgan fingerprint density at radius 1 is 1.15 bits per heavy atom. The van der Waals surface area contributed by atoms with Gasteiger partial charge in [-0.3, -0.25) is 9.48 Å². The normalized spacial score (nSPS) is 20.6. The van der Waals surface area contributed by atoms with Crippen molar-refractivity contribution >= 4 is 29.4 Å². The number of carbonyl (C=O) groups is 2. The highest BCUT2D eigenvalue weighted by molar-refractivity contribution is 6.33. The number of anilines is 1. The smallest absolute Gasteiger partial charge is 0.407 e. The molecule has 1 aliphatic carbocycles. The van der Waals surface area contributed by atoms with E-state index in [0.29, 0.717) is 17.3 Å². The van der Waals surface area contributed by atoms with Crippen LogP contribution < -0.4 is 10.6 Å². The Morgan fingerprint density at radius 3 is 2.76 bits per heavy atom. The molecule has 1 aliphatic heterocycles. The second kappa shape index (κ2) is 9.71. The summed E-state index contributed by atoms with van der Waals surface area (Å²) in [6, 6.07) is 1.74. The molecule has 33 heavy (non-hydrogen) atoms. The van der Waals surface area contributed by atoms with Crippen molar-refractivity contribution in [2.24, 2.45) is 5.92 Å². The zero-order valence-corrected chi connectivity index (χ0v) is 20.2. The van der Waals surface area contributed by atoms with Crippen LogP contribution in [0.4, 0.5) is 10.6 Å². The molecule has 2 atom stereocenters. The fraction of sp³-hybridized carbons (Fsp3) is 0.583. The molecule has 2 aromatic rings. The third kappa shape index (κ3) is 5.85. The molecule has 4 rings (SSSR count). The first-order valence-corrected chi connectivity index (χ1v) is 12.1. The van der Waals surface area contributed by atoms with E-state index in [0.717, 1.165) is 56.2 Å². The molecule has 1 saturated carbocycles. The predicted molar refractivity (Wildman–Crippen MR) is 127 cm³/mol. The Labute approximate surface area is 199 Å². The van der Waals surface area contributed by atoms with Gasteiger partial charge in [0.05, 0.1) is 11.2 Å². The SMILES string of the molecule is CC(C)(C)OC(=O)N[C@@H]1CCC[C@H](C(=O)Nc2cc(-c3cnn4c3CCCC4)c(Cl)cn2)C1. The zero-order chi connectivity index (χ0) is 23.6. The van der Waals surface area contributed by atoms with Crippen LogP contribution >= 0.6 is 11.6 Å². The molecule has 0 bridgehead atoms. The maximum atomic E-state index is 13.0. The molecule has 178 valence electrons. The van der Waals surface area contributed by atoms with E-state index in [1.807, 2.05) is 37.7 Å². The molecular weight excluding hydrogens is 442 g/mol. The van der Waals surface area contributed by atoms with Gasteiger partial charge in [-0.25, -0.2) is 9.78 Å². The monoisotopic (exact) mass is 473 g/mol. The van der Waals surface area contributed by atoms with Gasteiger partial charge in [0.1, 0.15) is 11.4 Å². The lowest BCUT2D eigenvalue weighted by Crippen LogP contribution is -2.43. The first kappa shape index (κ1) is 23.5. The van der Waals surface area contributed by atoms with E-state index in [9.17, 15) is 9.59 Å². The van der Waals surface area contributed by atoms with Crippen molar-refractivity contribution in [1.82, 2.24) is 20.1 Å². The number of rotatable bonds is 4. The number of hydrogen-bond acceptors (Lipinski definition) is 5. The van der Waals surface area contributed by atoms with Gasteiger partial charge in [0, 0.05) is 41.5 Å². The highest BCUT2D eigenvalue weighted by Gasteiger charge is 2.30. The summed E-state index contributed by atoms with van der Waals surface area (Å²) < 4.78 is 7.39. The summed E-state index contributed by atoms with van der Waals surface area (Å²) in [5.74, 6) is 0.171. The average molecular weight is 474 g/mol. The number of pyridine rings is 1. The highest BCUT2D eigenvalue weighted by atomic mass is 35.5. The number of aryl methyl sites for hydroxylation is 1. The number of fused-ring (bicyclic) bond motifs is 1. The largest absolute Gasteiger partial charge is 0.444 e. The van der Waals surface area contributed by atoms with Gasteiger partial charge in [-0.1, -0.05) is 18.0 Å². The fourth-order valence-electron chi connectivity index (χ4n) is 4.62. The zero-order valence-electron chi connectivity index (χ0n) is 19.5. The maximum absolute atomic E-state index is 13.0. The Hall–Kier alpha value is -2.61. The number of aromatic nitrogens is 3. The van der Waals surface area contributed by atoms with E-state index in [4.69, 9.17) is 16.3 Å². The Bertz CT molecular complexity index is 1030. The summed E-state index contributed by atoms with van der Waals surface area (Å²) in [6.07, 6.45) is 9.24. The molecule has 2 aromatic heterocycles. The minimum Gasteiger partial charge on any atom is -0.444 e. The van der Waals surface area contributed by atoms with E-state index in [1.54, 1.807) is 6.20 Å². The van der Waals surface area contributed by atoms with E-state index in [1.165, 1.54) is 5.69 Å². The second-order valence-electron chi connectivity index (χ2n) is 9.93. The van der Waals surface area contributed by atoms with Crippen LogP contribution in [0.3, 0.4) is 0 Å². The van der Waals surface area contributed by atoms with Crippen LogP contribution in [-0.4, -0.2) is 38.4 Å². The summed E-state index contributed by atoms with van der Waals surface area (Å²) in [5.41, 5.74) is 2.45. The maximum Gasteiger partial charge on any atom is 0.407 e. The number of ether oxygens (including phenoxy) is 1. The number of halogens is 1. The standard InChI is InChI=1S/C24H32ClN5O3/c1-24(2,3)33-23(32)28-16-8-6-7-15(11-16)22(31)29-21-12-17(19(25)14-26-21)18-13-27-30-10-5-4-9-20(18)30/h12-16H,4-11H2,1-3H3,(H,28,32)(H,26,29,31)/t15-,16+/m0/s1. The molecule has 2 amide bonds. The lowest BCUT2D eigenvalue weighted by molar-refractivity contribution is -0.121. The summed E-state index contributed by atoms with van der Waals surface area (Å²) in [7, 11) is 0. The predicted octanol–water partition coefficient (Wildman–Crippen LogP) is 4.96. The van der Waals surface area contributed by atoms with E-state index < -0.39 is 11.7 Å². The minimum absolute atomic E-state index is 0.0861. The molecule has 9 heteroatoms. The van der Waals surface area contributed by atoms with Gasteiger partial charge in [-0.2, -0.15) is 5.10 Å². The molecule has 3 heterocycles. The summed E-state index contributed by atoms with van der Waals surface area (Å²) in [5, 5.41) is 10.9. The lowest BCUT2D eigenvalue weighted by Gasteiger charge is -2.30. The van der Waals surface area contributed by atoms with Crippen molar-refractivity contribution in [3.63, 3.8) is 0 Å². The fourth-order valence-corrected chi connectivity index (χ4v) is 4.83. The van der Waals surface area contributed by atoms with Crippen molar-refractivity contribution in [3.05, 3.63) is 29.2 Å². The van der Waals surface area contributed by atoms with Gasteiger partial charge in [-0.15, -0.1) is 0 Å². The topological polar surface area (TPSA) is 98.1 Å². The van der Waals surface area contributed by atoms with Gasteiger partial charge >= 0.3 is 6.09 Å². The first-order valence-electron chi connectivity index (χ1n) is 11.7. The van der Waals surface area contributed by atoms with Crippen molar-refractivity contribution in [2.45, 2.75) is 83.9 Å². The second-order valence-corrected chi connectivity index (χ2v) is 10.3. The van der Waals surface area contributed by atoms with Gasteiger partial charge in [0.15, 0.2) is 0 Å². The molecule has 1 fully saturated rings. The van der Waals surface area contributed by atoms with Crippen LogP contribution in [-0.2, 0) is 22.5 Å². The number of amides is 2. The quantitative estimate of drug-likeness (QED) is 0.654. The van der Waals surface area contributed by atoms with Gasteiger partial charge in [-0.05, 0) is 65.4 Å². The van der Waals surface area contributed by atoms with E-state index >= 15 is 0 Å². The molecule has 0 saturated heterocycles. The van der Waals surface area contributed by atoms with E-state index in [-0.39, 0.29) is 17.9 Å². The van der Waals surface area contributed by atoms with Crippen LogP contribution in [0.15, 0.2) is 18.5 Å². The average Bonchev–Trinajstić information content (AvgIpc) is 3.18. The molecule has 0 unspecified atom stereocenters. The first-order chi connectivity index (χ1) is 15.7. The molecule has 0 aromatic carbocycles. The number of carbonyl (C=O) groups excluding carboxylic acids is 2.